The predicted octanol–water partition coefficient (Wildman–Crippen LogP) is 3.44. The van der Waals surface area contributed by atoms with Gasteiger partial charge in [0.1, 0.15) is 10.4 Å². The van der Waals surface area contributed by atoms with E-state index in [0.717, 1.165) is 27.4 Å². The first-order valence-corrected chi connectivity index (χ1v) is 6.98. The van der Waals surface area contributed by atoms with E-state index in [1.165, 1.54) is 11.5 Å². The molecule has 3 aromatic rings. The molecule has 5 nitrogen and oxygen atoms in total. The molecule has 0 atom stereocenters. The smallest absolute Gasteiger partial charge is 0.152 e. The lowest BCUT2D eigenvalue weighted by Crippen LogP contribution is -1.91. The van der Waals surface area contributed by atoms with Crippen molar-refractivity contribution in [3.8, 4) is 10.7 Å². The molecule has 0 bridgehead atoms. The van der Waals surface area contributed by atoms with Gasteiger partial charge >= 0.3 is 0 Å². The van der Waals surface area contributed by atoms with Gasteiger partial charge in [-0.15, -0.1) is 5.10 Å². The van der Waals surface area contributed by atoms with Gasteiger partial charge in [0.05, 0.1) is 16.9 Å². The number of nitrogen functional groups attached to an aromatic ring is 1. The zero-order valence-electron chi connectivity index (χ0n) is 10.4. The topological polar surface area (TPSA) is 80.5 Å². The highest BCUT2D eigenvalue weighted by molar-refractivity contribution is 7.09. The molecule has 0 saturated heterocycles. The van der Waals surface area contributed by atoms with Gasteiger partial charge in [-0.25, -0.2) is 4.98 Å². The molecule has 0 fully saturated rings. The second-order valence-electron chi connectivity index (χ2n) is 4.62. The zero-order chi connectivity index (χ0) is 13.6. The average molecular weight is 294 g/mol. The molecule has 0 aliphatic heterocycles. The van der Waals surface area contributed by atoms with Crippen molar-refractivity contribution in [3.63, 3.8) is 0 Å². The second kappa shape index (κ2) is 4.47. The van der Waals surface area contributed by atoms with Crippen LogP contribution in [-0.4, -0.2) is 19.6 Å². The van der Waals surface area contributed by atoms with E-state index in [-0.39, 0.29) is 0 Å². The van der Waals surface area contributed by atoms with Gasteiger partial charge in [0.15, 0.2) is 5.82 Å². The molecular weight excluding hydrogens is 282 g/mol. The minimum absolute atomic E-state index is 0.294. The Balaban J connectivity index is 2.21. The van der Waals surface area contributed by atoms with E-state index < -0.39 is 0 Å². The van der Waals surface area contributed by atoms with Crippen LogP contribution in [0.4, 0.5) is 5.69 Å². The Bertz CT molecular complexity index is 746. The number of benzene rings is 1. The van der Waals surface area contributed by atoms with Gasteiger partial charge in [-0.05, 0) is 29.6 Å². The van der Waals surface area contributed by atoms with E-state index in [4.69, 9.17) is 17.3 Å². The van der Waals surface area contributed by atoms with E-state index in [0.29, 0.717) is 16.6 Å². The predicted molar refractivity (Wildman–Crippen MR) is 78.5 cm³/mol. The summed E-state index contributed by atoms with van der Waals surface area (Å²) in [6, 6.07) is 3.51. The first kappa shape index (κ1) is 12.4. The molecule has 0 aliphatic carbocycles. The number of anilines is 1. The number of fused-ring (bicyclic) bond motifs is 1. The molecule has 0 spiro atoms. The summed E-state index contributed by atoms with van der Waals surface area (Å²) < 4.78 is 4.00. The molecule has 7 heteroatoms. The number of H-pyrrole nitrogens is 1. The number of aromatic nitrogens is 4. The van der Waals surface area contributed by atoms with Crippen LogP contribution in [0.5, 0.6) is 0 Å². The van der Waals surface area contributed by atoms with Crippen LogP contribution in [0, 0.1) is 0 Å². The third-order valence-corrected chi connectivity index (χ3v) is 3.82. The zero-order valence-corrected chi connectivity index (χ0v) is 12.0. The van der Waals surface area contributed by atoms with Crippen molar-refractivity contribution in [2.45, 2.75) is 19.8 Å². The summed E-state index contributed by atoms with van der Waals surface area (Å²) in [6.07, 6.45) is 0. The molecule has 0 unspecified atom stereocenters. The number of imidazole rings is 1. The molecular formula is C12H12ClN5S. The lowest BCUT2D eigenvalue weighted by Gasteiger charge is -2.00. The number of nitrogens with one attached hydrogen (secondary N) is 1. The highest BCUT2D eigenvalue weighted by atomic mass is 35.5. The van der Waals surface area contributed by atoms with Crippen LogP contribution in [-0.2, 0) is 0 Å². The highest BCUT2D eigenvalue weighted by Crippen LogP contribution is 2.32. The normalized spacial score (nSPS) is 11.6. The summed E-state index contributed by atoms with van der Waals surface area (Å²) in [5.41, 5.74) is 8.98. The third-order valence-electron chi connectivity index (χ3n) is 2.86. The van der Waals surface area contributed by atoms with Crippen LogP contribution in [0.1, 0.15) is 25.5 Å². The van der Waals surface area contributed by atoms with Crippen molar-refractivity contribution in [1.29, 1.82) is 0 Å². The SMILES string of the molecule is CC(C)c1nnsc1-c1nc2c(N)cc(Cl)cc2[nH]1. The van der Waals surface area contributed by atoms with Crippen molar-refractivity contribution in [2.75, 3.05) is 5.73 Å². The van der Waals surface area contributed by atoms with Gasteiger partial charge in [-0.1, -0.05) is 29.9 Å². The number of nitrogens with zero attached hydrogens (tertiary/aromatic N) is 3. The van der Waals surface area contributed by atoms with Gasteiger partial charge in [0.2, 0.25) is 0 Å². The molecule has 0 radical (unpaired) electrons. The Morgan fingerprint density at radius 3 is 2.89 bits per heavy atom. The Hall–Kier alpha value is -1.66. The molecule has 2 aromatic heterocycles. The summed E-state index contributed by atoms with van der Waals surface area (Å²) in [5.74, 6) is 1.03. The van der Waals surface area contributed by atoms with Crippen LogP contribution in [0.25, 0.3) is 21.7 Å². The van der Waals surface area contributed by atoms with Crippen LogP contribution in [0.3, 0.4) is 0 Å². The summed E-state index contributed by atoms with van der Waals surface area (Å²) in [4.78, 5) is 8.71. The van der Waals surface area contributed by atoms with Crippen LogP contribution in [0.15, 0.2) is 12.1 Å². The summed E-state index contributed by atoms with van der Waals surface area (Å²) >= 11 is 7.32. The van der Waals surface area contributed by atoms with Gasteiger partial charge < -0.3 is 10.7 Å². The molecule has 19 heavy (non-hydrogen) atoms. The van der Waals surface area contributed by atoms with E-state index in [1.807, 2.05) is 6.07 Å². The average Bonchev–Trinajstić information content (AvgIpc) is 2.92. The van der Waals surface area contributed by atoms with Gasteiger partial charge in [0.25, 0.3) is 0 Å². The van der Waals surface area contributed by atoms with Crippen molar-refractivity contribution in [2.24, 2.45) is 0 Å². The summed E-state index contributed by atoms with van der Waals surface area (Å²) in [5, 5.41) is 4.74. The standard InChI is InChI=1S/C12H12ClN5S/c1-5(2)9-11(19-18-17-9)12-15-8-4-6(13)3-7(14)10(8)16-12/h3-5H,14H2,1-2H3,(H,15,16). The van der Waals surface area contributed by atoms with E-state index in [2.05, 4.69) is 33.4 Å². The molecule has 2 heterocycles. The van der Waals surface area contributed by atoms with Crippen LogP contribution >= 0.6 is 23.1 Å². The molecule has 0 saturated carbocycles. The Kier molecular flexibility index (Phi) is 2.91. The second-order valence-corrected chi connectivity index (χ2v) is 5.81. The lowest BCUT2D eigenvalue weighted by molar-refractivity contribution is 0.813. The summed E-state index contributed by atoms with van der Waals surface area (Å²) in [7, 11) is 0. The molecule has 3 N–H and O–H groups in total. The minimum atomic E-state index is 0.294. The fourth-order valence-electron chi connectivity index (χ4n) is 1.95. The first-order chi connectivity index (χ1) is 9.06. The number of nitrogens with two attached hydrogens (primary N) is 1. The van der Waals surface area contributed by atoms with Crippen molar-refractivity contribution >= 4 is 39.9 Å². The number of aromatic amines is 1. The van der Waals surface area contributed by atoms with E-state index in [9.17, 15) is 0 Å². The molecule has 1 aromatic carbocycles. The Morgan fingerprint density at radius 1 is 1.37 bits per heavy atom. The molecule has 0 aliphatic rings. The first-order valence-electron chi connectivity index (χ1n) is 5.83. The van der Waals surface area contributed by atoms with Crippen molar-refractivity contribution in [3.05, 3.63) is 22.8 Å². The number of halogens is 1. The molecule has 98 valence electrons. The monoisotopic (exact) mass is 293 g/mol. The van der Waals surface area contributed by atoms with Gasteiger partial charge in [-0.3, -0.25) is 0 Å². The number of hydrogen-bond donors (Lipinski definition) is 2. The molecule has 0 amide bonds. The summed E-state index contributed by atoms with van der Waals surface area (Å²) in [6.45, 7) is 4.15. The fraction of sp³-hybridized carbons (Fsp3) is 0.250. The highest BCUT2D eigenvalue weighted by Gasteiger charge is 2.17. The maximum atomic E-state index is 5.99. The van der Waals surface area contributed by atoms with Gasteiger partial charge in [0, 0.05) is 5.02 Å². The van der Waals surface area contributed by atoms with Crippen molar-refractivity contribution in [1.82, 2.24) is 19.6 Å². The maximum absolute atomic E-state index is 5.99. The third kappa shape index (κ3) is 2.06. The van der Waals surface area contributed by atoms with Crippen LogP contribution < -0.4 is 5.73 Å². The Morgan fingerprint density at radius 2 is 2.16 bits per heavy atom. The van der Waals surface area contributed by atoms with Crippen molar-refractivity contribution < 1.29 is 0 Å². The number of hydrogen-bond acceptors (Lipinski definition) is 5. The lowest BCUT2D eigenvalue weighted by atomic mass is 10.1. The fourth-order valence-corrected chi connectivity index (χ4v) is 2.95. The van der Waals surface area contributed by atoms with E-state index >= 15 is 0 Å². The van der Waals surface area contributed by atoms with Crippen LogP contribution in [0.2, 0.25) is 5.02 Å². The van der Waals surface area contributed by atoms with E-state index in [1.54, 1.807) is 6.07 Å². The minimum Gasteiger partial charge on any atom is -0.397 e. The molecule has 3 rings (SSSR count). The largest absolute Gasteiger partial charge is 0.397 e. The quantitative estimate of drug-likeness (QED) is 0.709. The maximum Gasteiger partial charge on any atom is 0.152 e. The number of rotatable bonds is 2. The Labute approximate surface area is 119 Å². The van der Waals surface area contributed by atoms with Gasteiger partial charge in [-0.2, -0.15) is 0 Å².